The molecular weight excluding hydrogens is 447 g/mol. The number of esters is 1. The Balaban J connectivity index is 1.69. The van der Waals surface area contributed by atoms with Crippen LogP contribution in [0.25, 0.3) is 0 Å². The molecule has 0 saturated carbocycles. The Morgan fingerprint density at radius 2 is 1.73 bits per heavy atom. The third kappa shape index (κ3) is 6.07. The molecule has 2 aromatic carbocycles. The molecule has 1 heterocycles. The molecule has 10 heteroatoms. The van der Waals surface area contributed by atoms with Crippen LogP contribution < -0.4 is 5.32 Å². The van der Waals surface area contributed by atoms with E-state index in [1.807, 2.05) is 0 Å². The summed E-state index contributed by atoms with van der Waals surface area (Å²) in [6, 6.07) is 8.87. The van der Waals surface area contributed by atoms with Gasteiger partial charge in [0.25, 0.3) is 5.92 Å². The van der Waals surface area contributed by atoms with Crippen molar-refractivity contribution < 1.29 is 36.3 Å². The lowest BCUT2D eigenvalue weighted by atomic mass is 10.0. The molecule has 1 fully saturated rings. The van der Waals surface area contributed by atoms with Crippen LogP contribution in [0.2, 0.25) is 0 Å². The van der Waals surface area contributed by atoms with Gasteiger partial charge in [-0.15, -0.1) is 0 Å². The van der Waals surface area contributed by atoms with Crippen LogP contribution in [-0.4, -0.2) is 42.4 Å². The number of hydrogen-bond acceptors (Lipinski definition) is 4. The van der Waals surface area contributed by atoms with Crippen molar-refractivity contribution in [1.29, 1.82) is 0 Å². The number of alkyl halides is 5. The first-order chi connectivity index (χ1) is 15.4. The van der Waals surface area contributed by atoms with Crippen LogP contribution in [0.1, 0.15) is 46.4 Å². The van der Waals surface area contributed by atoms with Gasteiger partial charge < -0.3 is 10.1 Å². The van der Waals surface area contributed by atoms with Gasteiger partial charge >= 0.3 is 12.1 Å². The van der Waals surface area contributed by atoms with Crippen molar-refractivity contribution in [1.82, 2.24) is 10.2 Å². The number of ether oxygens (including phenoxy) is 1. The Bertz CT molecular complexity index is 991. The Labute approximate surface area is 187 Å². The average molecular weight is 470 g/mol. The van der Waals surface area contributed by atoms with Gasteiger partial charge in [-0.3, -0.25) is 9.69 Å². The van der Waals surface area contributed by atoms with Crippen LogP contribution in [-0.2, 0) is 22.3 Å². The van der Waals surface area contributed by atoms with Crippen molar-refractivity contribution >= 4 is 11.9 Å². The van der Waals surface area contributed by atoms with Crippen molar-refractivity contribution in [3.63, 3.8) is 0 Å². The number of nitrogens with zero attached hydrogens (tertiary/aromatic N) is 1. The number of rotatable bonds is 6. The van der Waals surface area contributed by atoms with Crippen molar-refractivity contribution in [2.75, 3.05) is 13.7 Å². The number of likely N-dealkylation sites (tertiary alicyclic amines) is 1. The summed E-state index contributed by atoms with van der Waals surface area (Å²) < 4.78 is 71.1. The molecule has 0 bridgehead atoms. The van der Waals surface area contributed by atoms with E-state index in [4.69, 9.17) is 0 Å². The van der Waals surface area contributed by atoms with Crippen LogP contribution in [0.5, 0.6) is 0 Å². The summed E-state index contributed by atoms with van der Waals surface area (Å²) in [5, 5.41) is 2.70. The zero-order valence-electron chi connectivity index (χ0n) is 18.0. The highest BCUT2D eigenvalue weighted by Crippen LogP contribution is 2.34. The van der Waals surface area contributed by atoms with Crippen LogP contribution in [0.4, 0.5) is 22.0 Å². The number of carbonyl (C=O) groups excluding carboxylic acids is 2. The number of nitrogens with one attached hydrogen (secondary N) is 1. The van der Waals surface area contributed by atoms with E-state index in [0.29, 0.717) is 16.7 Å². The topological polar surface area (TPSA) is 58.6 Å². The third-order valence-corrected chi connectivity index (χ3v) is 5.53. The van der Waals surface area contributed by atoms with E-state index in [0.717, 1.165) is 12.1 Å². The van der Waals surface area contributed by atoms with E-state index >= 15 is 0 Å². The van der Waals surface area contributed by atoms with Crippen molar-refractivity contribution in [3.05, 3.63) is 70.8 Å². The summed E-state index contributed by atoms with van der Waals surface area (Å²) in [5.41, 5.74) is 0.553. The molecule has 0 aliphatic carbocycles. The normalized spacial score (nSPS) is 19.2. The van der Waals surface area contributed by atoms with Gasteiger partial charge in [-0.1, -0.05) is 24.3 Å². The van der Waals surface area contributed by atoms with Gasteiger partial charge in [-0.25, -0.2) is 13.6 Å². The Hall–Kier alpha value is -3.01. The SMILES string of the molecule is COC(=O)c1ccc(C(C)NC(=O)C2CC(F)(F)CN2Cc2ccc(C(F)(F)F)cc2)cc1. The van der Waals surface area contributed by atoms with E-state index < -0.39 is 54.6 Å². The number of carbonyl (C=O) groups is 2. The molecule has 0 radical (unpaired) electrons. The third-order valence-electron chi connectivity index (χ3n) is 5.53. The first-order valence-corrected chi connectivity index (χ1v) is 10.2. The predicted molar refractivity (Wildman–Crippen MR) is 110 cm³/mol. The van der Waals surface area contributed by atoms with Gasteiger partial charge in [-0.05, 0) is 42.3 Å². The molecule has 2 aromatic rings. The molecule has 1 aliphatic heterocycles. The number of benzene rings is 2. The second-order valence-corrected chi connectivity index (χ2v) is 8.02. The zero-order chi connectivity index (χ0) is 24.4. The molecule has 3 rings (SSSR count). The number of hydrogen-bond donors (Lipinski definition) is 1. The van der Waals surface area contributed by atoms with Crippen LogP contribution in [0, 0.1) is 0 Å². The second-order valence-electron chi connectivity index (χ2n) is 8.02. The van der Waals surface area contributed by atoms with Gasteiger partial charge in [0.1, 0.15) is 0 Å². The maximum atomic E-state index is 14.1. The molecule has 178 valence electrons. The molecular formula is C23H23F5N2O3. The van der Waals surface area contributed by atoms with E-state index in [2.05, 4.69) is 10.1 Å². The minimum atomic E-state index is -4.49. The fraction of sp³-hybridized carbons (Fsp3) is 0.391. The molecule has 2 atom stereocenters. The standard InChI is InChI=1S/C23H23F5N2O3/c1-14(16-5-7-17(8-6-16)21(32)33-2)29-20(31)19-11-22(24,25)13-30(19)12-15-3-9-18(10-4-15)23(26,27)28/h3-10,14,19H,11-13H2,1-2H3,(H,29,31). The molecule has 1 saturated heterocycles. The largest absolute Gasteiger partial charge is 0.465 e. The minimum Gasteiger partial charge on any atom is -0.465 e. The molecule has 0 spiro atoms. The summed E-state index contributed by atoms with van der Waals surface area (Å²) in [4.78, 5) is 25.6. The van der Waals surface area contributed by atoms with Gasteiger partial charge in [-0.2, -0.15) is 13.2 Å². The molecule has 0 aromatic heterocycles. The van der Waals surface area contributed by atoms with Crippen molar-refractivity contribution in [2.45, 2.75) is 44.1 Å². The van der Waals surface area contributed by atoms with E-state index in [1.165, 1.54) is 36.3 Å². The fourth-order valence-corrected chi connectivity index (χ4v) is 3.76. The first kappa shape index (κ1) is 24.6. The van der Waals surface area contributed by atoms with E-state index in [1.54, 1.807) is 19.1 Å². The first-order valence-electron chi connectivity index (χ1n) is 10.2. The summed E-state index contributed by atoms with van der Waals surface area (Å²) in [6.07, 6.45) is -5.18. The second kappa shape index (κ2) is 9.46. The molecule has 1 amide bonds. The fourth-order valence-electron chi connectivity index (χ4n) is 3.76. The van der Waals surface area contributed by atoms with Crippen molar-refractivity contribution in [3.8, 4) is 0 Å². The molecule has 33 heavy (non-hydrogen) atoms. The molecule has 5 nitrogen and oxygen atoms in total. The highest BCUT2D eigenvalue weighted by Gasteiger charge is 2.48. The lowest BCUT2D eigenvalue weighted by Gasteiger charge is -2.25. The monoisotopic (exact) mass is 470 g/mol. The van der Waals surface area contributed by atoms with Crippen LogP contribution in [0.15, 0.2) is 48.5 Å². The smallest absolute Gasteiger partial charge is 0.416 e. The van der Waals surface area contributed by atoms with Crippen LogP contribution >= 0.6 is 0 Å². The Morgan fingerprint density at radius 1 is 1.12 bits per heavy atom. The highest BCUT2D eigenvalue weighted by molar-refractivity contribution is 5.89. The van der Waals surface area contributed by atoms with Gasteiger partial charge in [0.15, 0.2) is 0 Å². The maximum absolute atomic E-state index is 14.1. The van der Waals surface area contributed by atoms with E-state index in [-0.39, 0.29) is 6.54 Å². The predicted octanol–water partition coefficient (Wildman–Crippen LogP) is 4.58. The Kier molecular flexibility index (Phi) is 7.06. The summed E-state index contributed by atoms with van der Waals surface area (Å²) in [5.74, 6) is -4.21. The lowest BCUT2D eigenvalue weighted by molar-refractivity contribution is -0.137. The molecule has 1 N–H and O–H groups in total. The van der Waals surface area contributed by atoms with Gasteiger partial charge in [0, 0.05) is 13.0 Å². The zero-order valence-corrected chi connectivity index (χ0v) is 18.0. The number of halogens is 5. The quantitative estimate of drug-likeness (QED) is 0.496. The summed E-state index contributed by atoms with van der Waals surface area (Å²) in [6.45, 7) is 0.917. The number of amides is 1. The molecule has 1 aliphatic rings. The highest BCUT2D eigenvalue weighted by atomic mass is 19.4. The van der Waals surface area contributed by atoms with Crippen molar-refractivity contribution in [2.24, 2.45) is 0 Å². The Morgan fingerprint density at radius 3 is 2.27 bits per heavy atom. The molecule has 2 unspecified atom stereocenters. The average Bonchev–Trinajstić information content (AvgIpc) is 3.07. The van der Waals surface area contributed by atoms with Gasteiger partial charge in [0.2, 0.25) is 5.91 Å². The summed E-state index contributed by atoms with van der Waals surface area (Å²) >= 11 is 0. The summed E-state index contributed by atoms with van der Waals surface area (Å²) in [7, 11) is 1.26. The minimum absolute atomic E-state index is 0.0893. The lowest BCUT2D eigenvalue weighted by Crippen LogP contribution is -2.43. The maximum Gasteiger partial charge on any atom is 0.416 e. The number of methoxy groups -OCH3 is 1. The van der Waals surface area contributed by atoms with Crippen LogP contribution in [0.3, 0.4) is 0 Å². The van der Waals surface area contributed by atoms with E-state index in [9.17, 15) is 31.5 Å². The van der Waals surface area contributed by atoms with Gasteiger partial charge in [0.05, 0.1) is 36.9 Å².